The van der Waals surface area contributed by atoms with Gasteiger partial charge in [-0.15, -0.1) is 121 Å². The molecule has 0 amide bonds. The van der Waals surface area contributed by atoms with Gasteiger partial charge in [0.15, 0.2) is 5.82 Å². The van der Waals surface area contributed by atoms with E-state index in [1.54, 1.807) is 0 Å². The molecule has 16 aromatic carbocycles. The molecule has 147 heavy (non-hydrogen) atoms. The number of nitrogens with zero attached hydrogens (tertiary/aromatic N) is 9. The summed E-state index contributed by atoms with van der Waals surface area (Å²) in [5.74, 6) is 21.1. The molecule has 12 heteroatoms. The molecule has 9 nitrogen and oxygen atoms in total. The summed E-state index contributed by atoms with van der Waals surface area (Å²) in [6.07, 6.45) is 14.4. The molecule has 747 valence electrons. The third-order valence-electron chi connectivity index (χ3n) is 26.0. The van der Waals surface area contributed by atoms with Gasteiger partial charge in [-0.2, -0.15) is 15.3 Å². The number of aromatic nitrogens is 9. The van der Waals surface area contributed by atoms with Crippen LogP contribution in [0.2, 0.25) is 0 Å². The minimum atomic E-state index is 0. The zero-order chi connectivity index (χ0) is 101. The van der Waals surface area contributed by atoms with Gasteiger partial charge < -0.3 is 0 Å². The molecular formula is C135H132Ir3N9-3. The van der Waals surface area contributed by atoms with E-state index in [0.717, 1.165) is 189 Å². The molecule has 0 aliphatic heterocycles. The van der Waals surface area contributed by atoms with Crippen LogP contribution in [0.4, 0.5) is 0 Å². The first-order valence-corrected chi connectivity index (χ1v) is 49.6. The Balaban J connectivity index is 0.000000285. The third-order valence-corrected chi connectivity index (χ3v) is 26.0. The van der Waals surface area contributed by atoms with Gasteiger partial charge in [0.25, 0.3) is 0 Å². The Morgan fingerprint density at radius 1 is 0.279 bits per heavy atom. The van der Waals surface area contributed by atoms with E-state index in [4.69, 9.17) is 43.1 Å². The van der Waals surface area contributed by atoms with Crippen molar-refractivity contribution in [3.8, 4) is 217 Å². The van der Waals surface area contributed by atoms with Crippen LogP contribution in [0.5, 0.6) is 0 Å². The van der Waals surface area contributed by atoms with Crippen molar-refractivity contribution in [2.45, 2.75) is 158 Å². The monoisotopic (exact) mass is 2460 g/mol. The first kappa shape index (κ1) is 108. The maximum atomic E-state index is 5.45. The zero-order valence-corrected chi connectivity index (χ0v) is 93.8. The van der Waals surface area contributed by atoms with Crippen LogP contribution in [-0.4, -0.2) is 44.3 Å². The summed E-state index contributed by atoms with van der Waals surface area (Å²) < 4.78 is 5.83. The van der Waals surface area contributed by atoms with Crippen molar-refractivity contribution in [2.75, 3.05) is 0 Å². The Labute approximate surface area is 919 Å². The molecule has 0 aliphatic carbocycles. The molecule has 0 fully saturated rings. The summed E-state index contributed by atoms with van der Waals surface area (Å²) >= 11 is 0. The molecule has 0 aliphatic rings. The van der Waals surface area contributed by atoms with Crippen molar-refractivity contribution in [1.29, 1.82) is 0 Å². The van der Waals surface area contributed by atoms with Crippen molar-refractivity contribution in [1.82, 2.24) is 44.3 Å². The van der Waals surface area contributed by atoms with Gasteiger partial charge in [0.2, 0.25) is 0 Å². The van der Waals surface area contributed by atoms with E-state index in [1.165, 1.54) is 55.6 Å². The van der Waals surface area contributed by atoms with Crippen molar-refractivity contribution >= 4 is 0 Å². The van der Waals surface area contributed by atoms with E-state index >= 15 is 0 Å². The fourth-order valence-corrected chi connectivity index (χ4v) is 17.7. The van der Waals surface area contributed by atoms with E-state index in [0.29, 0.717) is 5.82 Å². The van der Waals surface area contributed by atoms with Crippen LogP contribution < -0.4 is 0 Å². The summed E-state index contributed by atoms with van der Waals surface area (Å²) in [5.41, 5.74) is 37.8. The van der Waals surface area contributed by atoms with E-state index in [1.807, 2.05) is 112 Å². The van der Waals surface area contributed by atoms with Gasteiger partial charge in [0, 0.05) is 105 Å². The normalized spacial score (nSPS) is 11.1. The zero-order valence-electron chi connectivity index (χ0n) is 86.6. The molecule has 0 unspecified atom stereocenters. The topological polar surface area (TPSA) is 92.1 Å². The summed E-state index contributed by atoms with van der Waals surface area (Å²) in [4.78, 5) is 15.0. The Hall–Kier alpha value is -14.9. The van der Waals surface area contributed by atoms with Gasteiger partial charge >= 0.3 is 0 Å². The number of benzene rings is 16. The quantitative estimate of drug-likeness (QED) is 0.0558. The number of hydrogen-bond donors (Lipinski definition) is 0. The van der Waals surface area contributed by atoms with Crippen molar-refractivity contribution in [3.63, 3.8) is 0 Å². The minimum Gasteiger partial charge on any atom is -0.288 e. The van der Waals surface area contributed by atoms with Crippen LogP contribution in [-0.2, 0) is 102 Å². The Morgan fingerprint density at radius 3 is 0.769 bits per heavy atom. The molecule has 19 rings (SSSR count). The fraction of sp³-hybridized carbons (Fsp3) is 0.185. The molecule has 3 radical (unpaired) electrons. The summed E-state index contributed by atoms with van der Waals surface area (Å²) in [6.45, 7) is 35.5. The Kier molecular flexibility index (Phi) is 34.9. The minimum absolute atomic E-state index is 0. The van der Waals surface area contributed by atoms with Crippen LogP contribution in [0.1, 0.15) is 174 Å². The average Bonchev–Trinajstić information content (AvgIpc) is 1.75. The standard InChI is InChI=1S/C63H44N3.C37H40N3.C35H36N3.3Ir.6H2/c1-6-9-15-46-23-31-50(32-24-46)55-35-53(48-27-19-44(4)20-28-48)37-57(39-55)59-41-60(43-61(42-59)66-63(52-17-12-11-13-18-52)64-62(65-66)14-8-3)58-38-54(49-29-21-45(5)22-30-49)36-56(40-58)51-33-25-47(26-34-51)16-10-7-2;1-8-12-34-38-35(28-13-10-9-11-14-28)40(39-34)33-24-29(26-15-19-31(20-16-26)36(2,3)4)23-30(25-33)27-17-21-32(22-18-27)37(5,6)7;1-34(2,3)30-17-13-24(14-18-30)27-21-28(25-15-19-31(20-16-25)35(4,5)6)23-29(22-27)32-36-33(38(7)37-32)26-11-9-8-10-12-26;;;;;;;;;/h1-2,11-13,17,19-43H,8,14H2,3-5H3;9-11,13,15-25H,8,12H2,1-7H3;8-11,13-23H,1-7H3;;;;6*1H/q3*-1;;;;;;;;;. The molecule has 0 spiro atoms. The second-order valence-corrected chi connectivity index (χ2v) is 41.2. The first-order chi connectivity index (χ1) is 69.3. The Bertz CT molecular complexity index is 7710. The second-order valence-electron chi connectivity index (χ2n) is 41.2. The SMILES string of the molecule is C#CC#Cc1ccc(-c2cc(-c3ccc(C)cc3)cc(-c3cc(-c4cc(-c5ccc(C)cc5)cc(-c5ccc(C#CC#C)cc5)c4)cc(-n4nc(CCC)nc4-c4[c-]cccc4)c3)c2)cc1.CCCc1nc(-c2[c-]cccc2)n(-c2cc(-c3ccc(C(C)(C)C)cc3)cc(-c3ccc(C(C)(C)C)cc3)c2)n1.Cn1nc(-c2cc(-c3ccc(C(C)(C)C)cc3)cc(-c3ccc(C(C)(C)C)cc3)c2)nc1-c1[c-]cccc1.[HH].[HH].[HH].[HH].[HH].[HH].[Ir].[Ir].[Ir]. The van der Waals surface area contributed by atoms with Gasteiger partial charge in [-0.25, -0.2) is 0 Å². The van der Waals surface area contributed by atoms with Gasteiger partial charge in [0.1, 0.15) is 11.6 Å². The van der Waals surface area contributed by atoms with Crippen molar-refractivity contribution in [3.05, 3.63) is 432 Å². The number of hydrogen-bond acceptors (Lipinski definition) is 6. The predicted octanol–water partition coefficient (Wildman–Crippen LogP) is 34.2. The summed E-state index contributed by atoms with van der Waals surface area (Å²) in [6, 6.07) is 138. The molecule has 0 N–H and O–H groups in total. The van der Waals surface area contributed by atoms with Crippen LogP contribution in [0.3, 0.4) is 0 Å². The van der Waals surface area contributed by atoms with E-state index in [2.05, 4.69) is 431 Å². The van der Waals surface area contributed by atoms with Crippen molar-refractivity contribution in [2.24, 2.45) is 7.05 Å². The van der Waals surface area contributed by atoms with Crippen LogP contribution >= 0.6 is 0 Å². The molecule has 0 saturated heterocycles. The van der Waals surface area contributed by atoms with E-state index in [-0.39, 0.29) is 90.5 Å². The Morgan fingerprint density at radius 2 is 0.517 bits per heavy atom. The maximum Gasteiger partial charge on any atom is 0.171 e. The van der Waals surface area contributed by atoms with Gasteiger partial charge in [-0.1, -0.05) is 290 Å². The average molecular weight is 2460 g/mol. The molecule has 19 aromatic rings. The van der Waals surface area contributed by atoms with E-state index in [9.17, 15) is 0 Å². The molecular weight excluding hydrogens is 2320 g/mol. The molecule has 3 heterocycles. The number of terminal acetylenes is 2. The third kappa shape index (κ3) is 26.5. The summed E-state index contributed by atoms with van der Waals surface area (Å²) in [7, 11) is 1.94. The number of rotatable bonds is 20. The molecule has 0 atom stereocenters. The van der Waals surface area contributed by atoms with Crippen molar-refractivity contribution < 1.29 is 68.9 Å². The molecule has 3 aromatic heterocycles. The molecule has 0 saturated carbocycles. The van der Waals surface area contributed by atoms with Gasteiger partial charge in [0.05, 0.1) is 28.8 Å². The largest absolute Gasteiger partial charge is 0.288 e. The van der Waals surface area contributed by atoms with Crippen LogP contribution in [0.25, 0.3) is 168 Å². The van der Waals surface area contributed by atoms with Crippen LogP contribution in [0.15, 0.2) is 358 Å². The summed E-state index contributed by atoms with van der Waals surface area (Å²) in [5, 5.41) is 15.0. The number of aryl methyl sites for hydroxylation is 5. The predicted molar refractivity (Wildman–Crippen MR) is 613 cm³/mol. The van der Waals surface area contributed by atoms with Gasteiger partial charge in [-0.05, 0) is 321 Å². The van der Waals surface area contributed by atoms with Crippen LogP contribution in [0, 0.1) is 80.4 Å². The van der Waals surface area contributed by atoms with E-state index < -0.39 is 0 Å². The first-order valence-electron chi connectivity index (χ1n) is 49.6. The van der Waals surface area contributed by atoms with Gasteiger partial charge in [-0.3, -0.25) is 29.0 Å². The maximum absolute atomic E-state index is 5.45. The molecule has 0 bridgehead atoms. The fourth-order valence-electron chi connectivity index (χ4n) is 17.7. The smallest absolute Gasteiger partial charge is 0.171 e. The second kappa shape index (κ2) is 47.5.